The summed E-state index contributed by atoms with van der Waals surface area (Å²) < 4.78 is 10.3. The summed E-state index contributed by atoms with van der Waals surface area (Å²) in [5.74, 6) is 0. The van der Waals surface area contributed by atoms with Crippen LogP contribution in [0.25, 0.3) is 0 Å². The SMILES string of the molecule is CCOC1CC(C)=CO1. The topological polar surface area (TPSA) is 18.5 Å². The highest BCUT2D eigenvalue weighted by atomic mass is 16.7. The quantitative estimate of drug-likeness (QED) is 0.563. The van der Waals surface area contributed by atoms with Crippen LogP contribution in [0.1, 0.15) is 20.3 Å². The highest BCUT2D eigenvalue weighted by molar-refractivity contribution is 4.98. The van der Waals surface area contributed by atoms with Gasteiger partial charge in [0.25, 0.3) is 0 Å². The van der Waals surface area contributed by atoms with Gasteiger partial charge in [0, 0.05) is 13.0 Å². The molecule has 1 heterocycles. The highest BCUT2D eigenvalue weighted by Gasteiger charge is 2.14. The van der Waals surface area contributed by atoms with E-state index in [-0.39, 0.29) is 6.29 Å². The van der Waals surface area contributed by atoms with Crippen LogP contribution in [0.4, 0.5) is 0 Å². The monoisotopic (exact) mass is 128 g/mol. The van der Waals surface area contributed by atoms with Crippen LogP contribution in [-0.2, 0) is 9.47 Å². The predicted molar refractivity (Wildman–Crippen MR) is 34.9 cm³/mol. The number of ether oxygens (including phenoxy) is 2. The Kier molecular flexibility index (Phi) is 2.11. The van der Waals surface area contributed by atoms with Gasteiger partial charge in [-0.2, -0.15) is 0 Å². The molecule has 0 saturated carbocycles. The molecule has 1 rings (SSSR count). The smallest absolute Gasteiger partial charge is 0.202 e. The van der Waals surface area contributed by atoms with Crippen molar-refractivity contribution in [2.45, 2.75) is 26.6 Å². The lowest BCUT2D eigenvalue weighted by atomic mass is 10.3. The Morgan fingerprint density at radius 1 is 1.89 bits per heavy atom. The molecule has 2 heteroatoms. The van der Waals surface area contributed by atoms with Gasteiger partial charge >= 0.3 is 0 Å². The minimum Gasteiger partial charge on any atom is -0.472 e. The molecule has 0 saturated heterocycles. The molecule has 52 valence electrons. The number of hydrogen-bond donors (Lipinski definition) is 0. The molecule has 1 aliphatic rings. The molecule has 0 radical (unpaired) electrons. The van der Waals surface area contributed by atoms with Crippen molar-refractivity contribution >= 4 is 0 Å². The molecule has 0 bridgehead atoms. The Bertz CT molecular complexity index is 118. The summed E-state index contributed by atoms with van der Waals surface area (Å²) >= 11 is 0. The Balaban J connectivity index is 2.21. The van der Waals surface area contributed by atoms with E-state index in [9.17, 15) is 0 Å². The summed E-state index contributed by atoms with van der Waals surface area (Å²) in [6.07, 6.45) is 2.68. The van der Waals surface area contributed by atoms with Crippen LogP contribution in [-0.4, -0.2) is 12.9 Å². The van der Waals surface area contributed by atoms with Gasteiger partial charge in [-0.25, -0.2) is 0 Å². The molecular weight excluding hydrogens is 116 g/mol. The lowest BCUT2D eigenvalue weighted by Crippen LogP contribution is -2.09. The second-order valence-electron chi connectivity index (χ2n) is 2.19. The van der Waals surface area contributed by atoms with Gasteiger partial charge in [-0.15, -0.1) is 0 Å². The van der Waals surface area contributed by atoms with E-state index in [2.05, 4.69) is 0 Å². The molecule has 2 nitrogen and oxygen atoms in total. The first-order chi connectivity index (χ1) is 4.33. The molecule has 0 aliphatic carbocycles. The molecule has 9 heavy (non-hydrogen) atoms. The van der Waals surface area contributed by atoms with E-state index in [4.69, 9.17) is 9.47 Å². The minimum absolute atomic E-state index is 0.00463. The molecule has 0 spiro atoms. The van der Waals surface area contributed by atoms with Crippen molar-refractivity contribution < 1.29 is 9.47 Å². The van der Waals surface area contributed by atoms with Crippen molar-refractivity contribution in [3.8, 4) is 0 Å². The molecule has 0 aromatic carbocycles. The third-order valence-electron chi connectivity index (χ3n) is 1.26. The van der Waals surface area contributed by atoms with E-state index in [1.54, 1.807) is 6.26 Å². The van der Waals surface area contributed by atoms with Crippen LogP contribution in [0.3, 0.4) is 0 Å². The van der Waals surface area contributed by atoms with E-state index in [0.717, 1.165) is 13.0 Å². The first-order valence-corrected chi connectivity index (χ1v) is 3.25. The maximum atomic E-state index is 5.20. The normalized spacial score (nSPS) is 25.6. The van der Waals surface area contributed by atoms with Crippen molar-refractivity contribution in [2.24, 2.45) is 0 Å². The summed E-state index contributed by atoms with van der Waals surface area (Å²) in [6, 6.07) is 0. The fourth-order valence-corrected chi connectivity index (χ4v) is 0.835. The summed E-state index contributed by atoms with van der Waals surface area (Å²) in [4.78, 5) is 0. The first-order valence-electron chi connectivity index (χ1n) is 3.25. The van der Waals surface area contributed by atoms with E-state index in [1.807, 2.05) is 13.8 Å². The molecule has 1 aliphatic heterocycles. The van der Waals surface area contributed by atoms with E-state index in [0.29, 0.717) is 0 Å². The number of hydrogen-bond acceptors (Lipinski definition) is 2. The summed E-state index contributed by atoms with van der Waals surface area (Å²) in [6.45, 7) is 4.74. The average molecular weight is 128 g/mol. The molecule has 0 aromatic rings. The van der Waals surface area contributed by atoms with Crippen LogP contribution < -0.4 is 0 Å². The molecule has 0 aromatic heterocycles. The van der Waals surface area contributed by atoms with Crippen LogP contribution in [0.15, 0.2) is 11.8 Å². The Morgan fingerprint density at radius 2 is 2.67 bits per heavy atom. The Morgan fingerprint density at radius 3 is 3.11 bits per heavy atom. The zero-order valence-corrected chi connectivity index (χ0v) is 5.89. The molecule has 1 unspecified atom stereocenters. The van der Waals surface area contributed by atoms with Crippen molar-refractivity contribution in [2.75, 3.05) is 6.61 Å². The number of rotatable bonds is 2. The van der Waals surface area contributed by atoms with Gasteiger partial charge in [-0.1, -0.05) is 0 Å². The third-order valence-corrected chi connectivity index (χ3v) is 1.26. The Hall–Kier alpha value is -0.500. The van der Waals surface area contributed by atoms with E-state index >= 15 is 0 Å². The maximum Gasteiger partial charge on any atom is 0.202 e. The zero-order valence-electron chi connectivity index (χ0n) is 5.89. The summed E-state index contributed by atoms with van der Waals surface area (Å²) in [7, 11) is 0. The van der Waals surface area contributed by atoms with Gasteiger partial charge < -0.3 is 9.47 Å². The third kappa shape index (κ3) is 1.72. The van der Waals surface area contributed by atoms with Crippen molar-refractivity contribution in [1.29, 1.82) is 0 Å². The van der Waals surface area contributed by atoms with E-state index < -0.39 is 0 Å². The lowest BCUT2D eigenvalue weighted by molar-refractivity contribution is -0.0870. The van der Waals surface area contributed by atoms with Gasteiger partial charge in [-0.3, -0.25) is 0 Å². The summed E-state index contributed by atoms with van der Waals surface area (Å²) in [5.41, 5.74) is 1.26. The first kappa shape index (κ1) is 6.62. The second kappa shape index (κ2) is 2.87. The second-order valence-corrected chi connectivity index (χ2v) is 2.19. The summed E-state index contributed by atoms with van der Waals surface area (Å²) in [5, 5.41) is 0. The van der Waals surface area contributed by atoms with Crippen LogP contribution in [0, 0.1) is 0 Å². The molecule has 0 fully saturated rings. The average Bonchev–Trinajstić information content (AvgIpc) is 2.17. The van der Waals surface area contributed by atoms with Crippen LogP contribution in [0.5, 0.6) is 0 Å². The van der Waals surface area contributed by atoms with Gasteiger partial charge in [0.05, 0.1) is 6.26 Å². The van der Waals surface area contributed by atoms with Crippen molar-refractivity contribution in [3.05, 3.63) is 11.8 Å². The molecule has 0 N–H and O–H groups in total. The standard InChI is InChI=1S/C7H12O2/c1-3-8-7-4-6(2)5-9-7/h5,7H,3-4H2,1-2H3. The zero-order chi connectivity index (χ0) is 6.69. The predicted octanol–water partition coefficient (Wildman–Crippen LogP) is 1.67. The van der Waals surface area contributed by atoms with Crippen LogP contribution in [0.2, 0.25) is 0 Å². The van der Waals surface area contributed by atoms with Gasteiger partial charge in [0.1, 0.15) is 0 Å². The molecule has 1 atom stereocenters. The molecule has 0 amide bonds. The van der Waals surface area contributed by atoms with Crippen molar-refractivity contribution in [1.82, 2.24) is 0 Å². The van der Waals surface area contributed by atoms with Gasteiger partial charge in [-0.05, 0) is 19.4 Å². The highest BCUT2D eigenvalue weighted by Crippen LogP contribution is 2.17. The largest absolute Gasteiger partial charge is 0.472 e. The fourth-order valence-electron chi connectivity index (χ4n) is 0.835. The van der Waals surface area contributed by atoms with Crippen LogP contribution >= 0.6 is 0 Å². The van der Waals surface area contributed by atoms with E-state index in [1.165, 1.54) is 5.57 Å². The maximum absolute atomic E-state index is 5.20. The minimum atomic E-state index is -0.00463. The fraction of sp³-hybridized carbons (Fsp3) is 0.714. The van der Waals surface area contributed by atoms with Gasteiger partial charge in [0.2, 0.25) is 6.29 Å². The van der Waals surface area contributed by atoms with Crippen molar-refractivity contribution in [3.63, 3.8) is 0 Å². The Labute approximate surface area is 55.5 Å². The lowest BCUT2D eigenvalue weighted by Gasteiger charge is -2.08. The van der Waals surface area contributed by atoms with Gasteiger partial charge in [0.15, 0.2) is 0 Å². The molecular formula is C7H12O2.